The number of amides is 2. The number of ether oxygens (including phenoxy) is 2. The van der Waals surface area contributed by atoms with Gasteiger partial charge in [-0.2, -0.15) is 10.2 Å². The monoisotopic (exact) mass is 480 g/mol. The lowest BCUT2D eigenvalue weighted by molar-refractivity contribution is 0.0430. The maximum Gasteiger partial charge on any atom is 0.424 e. The highest BCUT2D eigenvalue weighted by Gasteiger charge is 2.34. The topological polar surface area (TPSA) is 94.9 Å². The Labute approximate surface area is 186 Å². The van der Waals surface area contributed by atoms with Gasteiger partial charge in [-0.1, -0.05) is 0 Å². The number of nitriles is 1. The Bertz CT molecular complexity index is 818. The summed E-state index contributed by atoms with van der Waals surface area (Å²) in [5, 5.41) is 13.0. The second kappa shape index (κ2) is 9.23. The molecular formula is C21H29BrN4O4. The van der Waals surface area contributed by atoms with E-state index in [0.29, 0.717) is 10.0 Å². The van der Waals surface area contributed by atoms with Gasteiger partial charge in [0.25, 0.3) is 0 Å². The summed E-state index contributed by atoms with van der Waals surface area (Å²) in [6, 6.07) is 5.44. The maximum atomic E-state index is 12.9. The van der Waals surface area contributed by atoms with Crippen molar-refractivity contribution in [3.05, 3.63) is 22.2 Å². The zero-order valence-electron chi connectivity index (χ0n) is 18.3. The van der Waals surface area contributed by atoms with Crippen molar-refractivity contribution in [2.45, 2.75) is 52.7 Å². The van der Waals surface area contributed by atoms with Gasteiger partial charge in [0.1, 0.15) is 17.3 Å². The van der Waals surface area contributed by atoms with E-state index in [1.165, 1.54) is 6.07 Å². The van der Waals surface area contributed by atoms with Gasteiger partial charge in [-0.3, -0.25) is 0 Å². The van der Waals surface area contributed by atoms with Crippen molar-refractivity contribution < 1.29 is 19.1 Å². The zero-order valence-corrected chi connectivity index (χ0v) is 19.9. The Morgan fingerprint density at radius 3 is 2.00 bits per heavy atom. The quantitative estimate of drug-likeness (QED) is 0.669. The van der Waals surface area contributed by atoms with Crippen molar-refractivity contribution in [3.8, 4) is 6.07 Å². The maximum absolute atomic E-state index is 12.9. The molecule has 0 aliphatic carbocycles. The van der Waals surface area contributed by atoms with Gasteiger partial charge in [0, 0.05) is 30.7 Å². The van der Waals surface area contributed by atoms with Crippen LogP contribution in [0.2, 0.25) is 0 Å². The van der Waals surface area contributed by atoms with E-state index in [2.05, 4.69) is 32.2 Å². The van der Waals surface area contributed by atoms with Crippen molar-refractivity contribution in [2.24, 2.45) is 0 Å². The Morgan fingerprint density at radius 2 is 1.57 bits per heavy atom. The van der Waals surface area contributed by atoms with E-state index < -0.39 is 23.4 Å². The summed E-state index contributed by atoms with van der Waals surface area (Å²) in [5.74, 6) is 0. The summed E-state index contributed by atoms with van der Waals surface area (Å²) < 4.78 is 11.3. The first-order valence-corrected chi connectivity index (χ1v) is 10.6. The van der Waals surface area contributed by atoms with Gasteiger partial charge in [-0.25, -0.2) is 9.59 Å². The van der Waals surface area contributed by atoms with Gasteiger partial charge in [0.05, 0.1) is 16.9 Å². The molecule has 0 radical (unpaired) electrons. The van der Waals surface area contributed by atoms with Crippen LogP contribution in [0.3, 0.4) is 0 Å². The van der Waals surface area contributed by atoms with Crippen LogP contribution in [0.5, 0.6) is 0 Å². The number of anilines is 2. The lowest BCUT2D eigenvalue weighted by Crippen LogP contribution is -2.44. The number of rotatable bonds is 2. The highest BCUT2D eigenvalue weighted by molar-refractivity contribution is 9.10. The average molecular weight is 481 g/mol. The van der Waals surface area contributed by atoms with Crippen LogP contribution < -0.4 is 15.1 Å². The lowest BCUT2D eigenvalue weighted by Gasteiger charge is -2.32. The molecule has 2 amide bonds. The number of carbonyl (C=O) groups is 2. The van der Waals surface area contributed by atoms with Gasteiger partial charge in [0.2, 0.25) is 0 Å². The number of halogens is 1. The van der Waals surface area contributed by atoms with E-state index in [4.69, 9.17) is 9.47 Å². The van der Waals surface area contributed by atoms with E-state index in [1.807, 2.05) is 0 Å². The smallest absolute Gasteiger partial charge is 0.424 e. The SMILES string of the molecule is CC(C)(C)OC(=O)N(C(=O)OC(C)(C)C)c1cc(C#N)c(N2CCNCC2)cc1Br. The van der Waals surface area contributed by atoms with E-state index >= 15 is 0 Å². The number of hydrogen-bond acceptors (Lipinski definition) is 7. The molecule has 1 heterocycles. The van der Waals surface area contributed by atoms with Crippen LogP contribution in [0.1, 0.15) is 47.1 Å². The molecule has 0 saturated carbocycles. The standard InChI is InChI=1S/C21H29BrN4O4/c1-20(2,3)29-18(27)26(19(28)30-21(4,5)6)17-11-14(13-23)16(12-15(17)22)25-9-7-24-8-10-25/h11-12,24H,7-10H2,1-6H3. The summed E-state index contributed by atoms with van der Waals surface area (Å²) in [6.07, 6.45) is -1.76. The van der Waals surface area contributed by atoms with Crippen molar-refractivity contribution in [2.75, 3.05) is 36.0 Å². The first-order valence-electron chi connectivity index (χ1n) is 9.78. The molecule has 0 spiro atoms. The molecule has 1 saturated heterocycles. The van der Waals surface area contributed by atoms with Crippen molar-refractivity contribution in [1.29, 1.82) is 5.26 Å². The first kappa shape index (κ1) is 24.0. The van der Waals surface area contributed by atoms with Crippen LogP contribution in [0.15, 0.2) is 16.6 Å². The van der Waals surface area contributed by atoms with Crippen LogP contribution >= 0.6 is 15.9 Å². The number of imide groups is 1. The number of carbonyl (C=O) groups excluding carboxylic acids is 2. The molecule has 0 atom stereocenters. The molecule has 1 fully saturated rings. The summed E-state index contributed by atoms with van der Waals surface area (Å²) in [6.45, 7) is 13.4. The van der Waals surface area contributed by atoms with Crippen LogP contribution in [0.25, 0.3) is 0 Å². The van der Waals surface area contributed by atoms with Crippen LogP contribution in [-0.2, 0) is 9.47 Å². The summed E-state index contributed by atoms with van der Waals surface area (Å²) >= 11 is 3.46. The number of hydrogen-bond donors (Lipinski definition) is 1. The molecule has 30 heavy (non-hydrogen) atoms. The molecule has 8 nitrogen and oxygen atoms in total. The number of benzene rings is 1. The van der Waals surface area contributed by atoms with Gasteiger partial charge in [0.15, 0.2) is 0 Å². The second-order valence-corrected chi connectivity index (χ2v) is 9.82. The Kier molecular flexibility index (Phi) is 7.37. The van der Waals surface area contributed by atoms with Crippen LogP contribution in [0, 0.1) is 11.3 Å². The second-order valence-electron chi connectivity index (χ2n) is 8.97. The zero-order chi connectivity index (χ0) is 22.7. The minimum Gasteiger partial charge on any atom is -0.443 e. The predicted octanol–water partition coefficient (Wildman–Crippen LogP) is 4.41. The molecule has 1 aromatic rings. The third-order valence-corrected chi connectivity index (χ3v) is 4.67. The first-order chi connectivity index (χ1) is 13.8. The van der Waals surface area contributed by atoms with E-state index in [-0.39, 0.29) is 5.69 Å². The lowest BCUT2D eigenvalue weighted by atomic mass is 10.1. The van der Waals surface area contributed by atoms with Crippen molar-refractivity contribution in [3.63, 3.8) is 0 Å². The number of piperazine rings is 1. The Morgan fingerprint density at radius 1 is 1.07 bits per heavy atom. The van der Waals surface area contributed by atoms with Crippen LogP contribution in [0.4, 0.5) is 21.0 Å². The largest absolute Gasteiger partial charge is 0.443 e. The van der Waals surface area contributed by atoms with E-state index in [1.54, 1.807) is 47.6 Å². The molecule has 1 aliphatic heterocycles. The number of nitrogens with one attached hydrogen (secondary N) is 1. The summed E-state index contributed by atoms with van der Waals surface area (Å²) in [5.41, 5.74) is -0.352. The Balaban J connectivity index is 2.52. The molecule has 9 heteroatoms. The van der Waals surface area contributed by atoms with Gasteiger partial charge in [-0.05, 0) is 69.6 Å². The fourth-order valence-corrected chi connectivity index (χ4v) is 3.37. The van der Waals surface area contributed by atoms with Gasteiger partial charge < -0.3 is 19.7 Å². The molecule has 164 valence electrons. The van der Waals surface area contributed by atoms with Gasteiger partial charge >= 0.3 is 12.2 Å². The van der Waals surface area contributed by atoms with E-state index in [9.17, 15) is 14.9 Å². The van der Waals surface area contributed by atoms with Crippen molar-refractivity contribution in [1.82, 2.24) is 5.32 Å². The summed E-state index contributed by atoms with van der Waals surface area (Å²) in [4.78, 5) is 28.7. The van der Waals surface area contributed by atoms with Gasteiger partial charge in [-0.15, -0.1) is 0 Å². The highest BCUT2D eigenvalue weighted by Crippen LogP contribution is 2.35. The molecule has 0 aromatic heterocycles. The normalized spacial score (nSPS) is 14.7. The summed E-state index contributed by atoms with van der Waals surface area (Å²) in [7, 11) is 0. The highest BCUT2D eigenvalue weighted by atomic mass is 79.9. The number of nitrogens with zero attached hydrogens (tertiary/aromatic N) is 3. The molecular weight excluding hydrogens is 452 g/mol. The third-order valence-electron chi connectivity index (χ3n) is 4.04. The van der Waals surface area contributed by atoms with Crippen molar-refractivity contribution >= 4 is 39.5 Å². The minimum atomic E-state index is -0.878. The average Bonchev–Trinajstić information content (AvgIpc) is 2.60. The van der Waals surface area contributed by atoms with E-state index in [0.717, 1.165) is 36.8 Å². The molecule has 0 bridgehead atoms. The fourth-order valence-electron chi connectivity index (χ4n) is 2.87. The minimum absolute atomic E-state index is 0.189. The predicted molar refractivity (Wildman–Crippen MR) is 119 cm³/mol. The molecule has 1 N–H and O–H groups in total. The fraction of sp³-hybridized carbons (Fsp3) is 0.571. The molecule has 1 aromatic carbocycles. The van der Waals surface area contributed by atoms with Crippen LogP contribution in [-0.4, -0.2) is 49.6 Å². The molecule has 2 rings (SSSR count). The Hall–Kier alpha value is -2.31. The third kappa shape index (κ3) is 6.34. The molecule has 0 unspecified atom stereocenters. The molecule has 1 aliphatic rings.